The summed E-state index contributed by atoms with van der Waals surface area (Å²) >= 11 is 0. The van der Waals surface area contributed by atoms with Crippen LogP contribution < -0.4 is 0 Å². The van der Waals surface area contributed by atoms with E-state index in [0.29, 0.717) is 5.78 Å². The van der Waals surface area contributed by atoms with E-state index in [-0.39, 0.29) is 11.3 Å². The fourth-order valence-electron chi connectivity index (χ4n) is 3.34. The lowest BCUT2D eigenvalue weighted by Crippen LogP contribution is -2.29. The van der Waals surface area contributed by atoms with E-state index in [9.17, 15) is 4.79 Å². The highest BCUT2D eigenvalue weighted by Gasteiger charge is 2.30. The Morgan fingerprint density at radius 1 is 1.24 bits per heavy atom. The van der Waals surface area contributed by atoms with Gasteiger partial charge in [0.25, 0.3) is 0 Å². The number of hydrogen-bond acceptors (Lipinski definition) is 1. The molecule has 0 amide bonds. The second kappa shape index (κ2) is 9.75. The Bertz CT molecular complexity index is 619. The van der Waals surface area contributed by atoms with Crippen molar-refractivity contribution in [3.05, 3.63) is 53.1 Å². The summed E-state index contributed by atoms with van der Waals surface area (Å²) in [6.07, 6.45) is 9.53. The molecule has 0 N–H and O–H groups in total. The molecule has 0 heterocycles. The van der Waals surface area contributed by atoms with Crippen LogP contribution in [0.25, 0.3) is 6.08 Å². The molecule has 1 aromatic rings. The Morgan fingerprint density at radius 2 is 1.92 bits per heavy atom. The number of aryl methyl sites for hydroxylation is 1. The molecular formula is C24H36O. The van der Waals surface area contributed by atoms with Gasteiger partial charge in [-0.2, -0.15) is 0 Å². The quantitative estimate of drug-likeness (QED) is 0.328. The van der Waals surface area contributed by atoms with Gasteiger partial charge in [-0.1, -0.05) is 76.1 Å². The third-order valence-corrected chi connectivity index (χ3v) is 5.73. The third-order valence-electron chi connectivity index (χ3n) is 5.73. The van der Waals surface area contributed by atoms with Crippen LogP contribution in [0.3, 0.4) is 0 Å². The monoisotopic (exact) mass is 340 g/mol. The van der Waals surface area contributed by atoms with E-state index in [1.165, 1.54) is 16.7 Å². The highest BCUT2D eigenvalue weighted by Crippen LogP contribution is 2.35. The first-order valence-electron chi connectivity index (χ1n) is 9.61. The zero-order valence-corrected chi connectivity index (χ0v) is 17.1. The molecule has 1 aromatic carbocycles. The Balaban J connectivity index is 2.48. The molecule has 0 bridgehead atoms. The number of Topliss-reactive ketones (excluding diaryl/α,β-unsaturated/α-hetero) is 1. The van der Waals surface area contributed by atoms with Gasteiger partial charge in [0.2, 0.25) is 0 Å². The van der Waals surface area contributed by atoms with E-state index in [2.05, 4.69) is 71.5 Å². The van der Waals surface area contributed by atoms with Crippen LogP contribution in [-0.4, -0.2) is 5.78 Å². The van der Waals surface area contributed by atoms with E-state index in [1.807, 2.05) is 0 Å². The van der Waals surface area contributed by atoms with Crippen molar-refractivity contribution in [2.75, 3.05) is 0 Å². The van der Waals surface area contributed by atoms with Gasteiger partial charge in [-0.3, -0.25) is 4.79 Å². The van der Waals surface area contributed by atoms with Crippen molar-refractivity contribution in [3.8, 4) is 0 Å². The summed E-state index contributed by atoms with van der Waals surface area (Å²) in [5.41, 5.74) is 5.18. The van der Waals surface area contributed by atoms with E-state index in [1.54, 1.807) is 6.92 Å². The van der Waals surface area contributed by atoms with Crippen LogP contribution in [0, 0.1) is 25.2 Å². The molecule has 0 aliphatic heterocycles. The van der Waals surface area contributed by atoms with E-state index < -0.39 is 0 Å². The summed E-state index contributed by atoms with van der Waals surface area (Å²) in [4.78, 5) is 12.0. The maximum Gasteiger partial charge on any atom is 0.133 e. The summed E-state index contributed by atoms with van der Waals surface area (Å²) < 4.78 is 0. The fourth-order valence-corrected chi connectivity index (χ4v) is 3.34. The zero-order valence-electron chi connectivity index (χ0n) is 17.1. The van der Waals surface area contributed by atoms with Crippen molar-refractivity contribution in [2.45, 2.75) is 73.6 Å². The normalized spacial score (nSPS) is 13.2. The van der Waals surface area contributed by atoms with Crippen molar-refractivity contribution >= 4 is 11.9 Å². The highest BCUT2D eigenvalue weighted by atomic mass is 16.1. The van der Waals surface area contributed by atoms with Crippen molar-refractivity contribution in [1.29, 1.82) is 0 Å². The molecule has 0 fully saturated rings. The average molecular weight is 341 g/mol. The van der Waals surface area contributed by atoms with Gasteiger partial charge in [-0.15, -0.1) is 0 Å². The summed E-state index contributed by atoms with van der Waals surface area (Å²) in [7, 11) is 0. The minimum atomic E-state index is 0.103. The molecule has 1 heteroatoms. The Hall–Kier alpha value is -1.63. The molecule has 0 unspecified atom stereocenters. The number of rotatable bonds is 10. The van der Waals surface area contributed by atoms with E-state index in [4.69, 9.17) is 0 Å². The second-order valence-electron chi connectivity index (χ2n) is 8.03. The molecule has 0 aliphatic carbocycles. The number of unbranched alkanes of at least 4 members (excludes halogenated alkanes) is 1. The van der Waals surface area contributed by atoms with Crippen molar-refractivity contribution in [3.63, 3.8) is 0 Å². The molecule has 0 aliphatic rings. The summed E-state index contributed by atoms with van der Waals surface area (Å²) in [6.45, 7) is 16.8. The predicted molar refractivity (Wildman–Crippen MR) is 111 cm³/mol. The lowest BCUT2D eigenvalue weighted by Gasteiger charge is -2.31. The minimum Gasteiger partial charge on any atom is -0.300 e. The number of carbonyl (C=O) groups excluding carboxylic acids is 1. The number of benzene rings is 1. The van der Waals surface area contributed by atoms with Gasteiger partial charge in [-0.05, 0) is 62.1 Å². The largest absolute Gasteiger partial charge is 0.300 e. The molecule has 25 heavy (non-hydrogen) atoms. The third kappa shape index (κ3) is 6.65. The van der Waals surface area contributed by atoms with E-state index in [0.717, 1.165) is 37.7 Å². The topological polar surface area (TPSA) is 17.1 Å². The highest BCUT2D eigenvalue weighted by molar-refractivity contribution is 5.79. The van der Waals surface area contributed by atoms with Crippen LogP contribution in [0.5, 0.6) is 0 Å². The fraction of sp³-hybridized carbons (Fsp3) is 0.542. The first-order valence-corrected chi connectivity index (χ1v) is 9.61. The van der Waals surface area contributed by atoms with Crippen LogP contribution in [0.15, 0.2) is 36.4 Å². The Kier molecular flexibility index (Phi) is 8.35. The summed E-state index contributed by atoms with van der Waals surface area (Å²) in [5.74, 6) is 0.511. The maximum absolute atomic E-state index is 12.0. The number of allylic oxidation sites excluding steroid dienone is 2. The minimum absolute atomic E-state index is 0.103. The first-order chi connectivity index (χ1) is 11.7. The average Bonchev–Trinajstić information content (AvgIpc) is 2.55. The van der Waals surface area contributed by atoms with Crippen LogP contribution in [0.1, 0.15) is 76.5 Å². The van der Waals surface area contributed by atoms with Crippen molar-refractivity contribution < 1.29 is 4.79 Å². The van der Waals surface area contributed by atoms with Crippen LogP contribution in [0.2, 0.25) is 0 Å². The molecule has 1 rings (SSSR count). The second-order valence-corrected chi connectivity index (χ2v) is 8.03. The van der Waals surface area contributed by atoms with Gasteiger partial charge in [0.15, 0.2) is 0 Å². The summed E-state index contributed by atoms with van der Waals surface area (Å²) in [5, 5.41) is 0. The molecule has 1 atom stereocenters. The molecule has 0 saturated carbocycles. The lowest BCUT2D eigenvalue weighted by atomic mass is 9.72. The van der Waals surface area contributed by atoms with Gasteiger partial charge < -0.3 is 0 Å². The number of carbonyl (C=O) groups is 1. The Morgan fingerprint density at radius 3 is 2.52 bits per heavy atom. The van der Waals surface area contributed by atoms with Crippen molar-refractivity contribution in [1.82, 2.24) is 0 Å². The predicted octanol–water partition coefficient (Wildman–Crippen LogP) is 7.07. The maximum atomic E-state index is 12.0. The molecule has 0 aromatic heterocycles. The Labute approximate surface area is 155 Å². The zero-order chi connectivity index (χ0) is 19.0. The van der Waals surface area contributed by atoms with Gasteiger partial charge >= 0.3 is 0 Å². The molecule has 138 valence electrons. The molecule has 0 spiro atoms. The van der Waals surface area contributed by atoms with Crippen LogP contribution in [0.4, 0.5) is 0 Å². The van der Waals surface area contributed by atoms with Crippen LogP contribution in [-0.2, 0) is 4.79 Å². The lowest BCUT2D eigenvalue weighted by molar-refractivity contribution is -0.124. The number of hydrogen-bond donors (Lipinski definition) is 0. The van der Waals surface area contributed by atoms with Gasteiger partial charge in [-0.25, -0.2) is 0 Å². The first kappa shape index (κ1) is 21.4. The van der Waals surface area contributed by atoms with Gasteiger partial charge in [0, 0.05) is 5.92 Å². The smallest absolute Gasteiger partial charge is 0.133 e. The van der Waals surface area contributed by atoms with Gasteiger partial charge in [0.05, 0.1) is 0 Å². The van der Waals surface area contributed by atoms with Gasteiger partial charge in [0.1, 0.15) is 5.78 Å². The van der Waals surface area contributed by atoms with Crippen LogP contribution >= 0.6 is 0 Å². The molecular weight excluding hydrogens is 304 g/mol. The SMILES string of the molecule is C=C(/C=C\c1cccc(C)c1C)CCCC[C@H](C(C)=O)C(C)(C)CC. The summed E-state index contributed by atoms with van der Waals surface area (Å²) in [6, 6.07) is 6.39. The molecule has 0 radical (unpaired) electrons. The van der Waals surface area contributed by atoms with Crippen molar-refractivity contribution in [2.24, 2.45) is 11.3 Å². The molecule has 0 saturated heterocycles. The van der Waals surface area contributed by atoms with E-state index >= 15 is 0 Å². The standard InChI is InChI=1S/C24H36O/c1-8-24(6,7)23(21(5)25)15-10-9-12-18(2)16-17-22-14-11-13-19(3)20(22)4/h11,13-14,16-17,23H,2,8-10,12,15H2,1,3-7H3/b17-16-/t23-/m1/s1. The molecule has 1 nitrogen and oxygen atoms in total. The number of ketones is 1.